The molecule has 8 nitrogen and oxygen atoms in total. The van der Waals surface area contributed by atoms with E-state index in [1.807, 2.05) is 0 Å². The number of nitrogens with one attached hydrogen (secondary N) is 1. The first-order valence-corrected chi connectivity index (χ1v) is 7.70. The number of aliphatic hydroxyl groups is 5. The quantitative estimate of drug-likeness (QED) is 0.281. The zero-order valence-corrected chi connectivity index (χ0v) is 12.8. The van der Waals surface area contributed by atoms with Gasteiger partial charge < -0.3 is 35.6 Å². The van der Waals surface area contributed by atoms with Gasteiger partial charge in [-0.1, -0.05) is 26.2 Å². The van der Waals surface area contributed by atoms with Crippen LogP contribution in [0.1, 0.15) is 32.6 Å². The van der Waals surface area contributed by atoms with Crippen LogP contribution in [0.2, 0.25) is 0 Å². The van der Waals surface area contributed by atoms with Crippen molar-refractivity contribution in [3.8, 4) is 0 Å². The zero-order chi connectivity index (χ0) is 16.7. The summed E-state index contributed by atoms with van der Waals surface area (Å²) in [6, 6.07) is 0. The third-order valence-corrected chi connectivity index (χ3v) is 3.84. The average molecular weight is 321 g/mol. The fraction of sp³-hybridized carbons (Fsp3) is 0.929. The van der Waals surface area contributed by atoms with E-state index >= 15 is 0 Å². The van der Waals surface area contributed by atoms with Crippen molar-refractivity contribution in [2.75, 3.05) is 13.2 Å². The molecule has 2 unspecified atom stereocenters. The van der Waals surface area contributed by atoms with E-state index in [-0.39, 0.29) is 0 Å². The Hall–Kier alpha value is -0.770. The van der Waals surface area contributed by atoms with Gasteiger partial charge in [-0.15, -0.1) is 0 Å². The number of ether oxygens (including phenoxy) is 1. The van der Waals surface area contributed by atoms with E-state index in [0.29, 0.717) is 6.54 Å². The highest BCUT2D eigenvalue weighted by atomic mass is 16.6. The second-order valence-electron chi connectivity index (χ2n) is 5.59. The second-order valence-corrected chi connectivity index (χ2v) is 5.59. The smallest absolute Gasteiger partial charge is 0.251 e. The van der Waals surface area contributed by atoms with E-state index in [2.05, 4.69) is 12.2 Å². The van der Waals surface area contributed by atoms with Crippen molar-refractivity contribution in [2.45, 2.75) is 69.2 Å². The van der Waals surface area contributed by atoms with Crippen molar-refractivity contribution >= 4 is 5.91 Å². The van der Waals surface area contributed by atoms with Crippen molar-refractivity contribution in [1.82, 2.24) is 5.32 Å². The van der Waals surface area contributed by atoms with Gasteiger partial charge in [-0.3, -0.25) is 4.79 Å². The van der Waals surface area contributed by atoms with Crippen LogP contribution in [-0.2, 0) is 9.53 Å². The van der Waals surface area contributed by atoms with Crippen LogP contribution in [0.25, 0.3) is 0 Å². The van der Waals surface area contributed by atoms with Gasteiger partial charge in [0.25, 0.3) is 5.91 Å². The molecule has 6 atom stereocenters. The number of hydrogen-bond acceptors (Lipinski definition) is 7. The number of aliphatic hydroxyl groups excluding tert-OH is 5. The molecule has 1 rings (SSSR count). The number of amides is 1. The van der Waals surface area contributed by atoms with Gasteiger partial charge >= 0.3 is 0 Å². The van der Waals surface area contributed by atoms with Gasteiger partial charge in [-0.05, 0) is 6.42 Å². The van der Waals surface area contributed by atoms with E-state index in [0.717, 1.165) is 25.7 Å². The predicted octanol–water partition coefficient (Wildman–Crippen LogP) is -2.11. The van der Waals surface area contributed by atoms with E-state index in [1.54, 1.807) is 0 Å². The summed E-state index contributed by atoms with van der Waals surface area (Å²) >= 11 is 0. The maximum Gasteiger partial charge on any atom is 0.251 e. The molecule has 1 amide bonds. The first-order valence-electron chi connectivity index (χ1n) is 7.70. The Labute approximate surface area is 129 Å². The maximum absolute atomic E-state index is 11.8. The van der Waals surface area contributed by atoms with E-state index < -0.39 is 49.1 Å². The van der Waals surface area contributed by atoms with Crippen molar-refractivity contribution < 1.29 is 35.1 Å². The summed E-state index contributed by atoms with van der Waals surface area (Å²) in [4.78, 5) is 11.8. The normalized spacial score (nSPS) is 33.5. The van der Waals surface area contributed by atoms with E-state index in [1.165, 1.54) is 0 Å². The van der Waals surface area contributed by atoms with Crippen LogP contribution in [0.3, 0.4) is 0 Å². The first-order chi connectivity index (χ1) is 10.4. The third-order valence-electron chi connectivity index (χ3n) is 3.84. The summed E-state index contributed by atoms with van der Waals surface area (Å²) in [6.45, 7) is 1.86. The standard InChI is InChI=1S/C14H27NO7/c1-2-3-4-5-6-15-14(21)12(20)13-11(19)10(18)9(17)8(7-16)22-13/h8-13,16-20H,2-7H2,1H3,(H,15,21)/t8-,9-,10+,11+,12?,13?/m1/s1. The van der Waals surface area contributed by atoms with Crippen LogP contribution < -0.4 is 5.32 Å². The van der Waals surface area contributed by atoms with Crippen LogP contribution in [-0.4, -0.2) is 81.2 Å². The van der Waals surface area contributed by atoms with Crippen molar-refractivity contribution in [2.24, 2.45) is 0 Å². The molecule has 0 bridgehead atoms. The molecular weight excluding hydrogens is 294 g/mol. The van der Waals surface area contributed by atoms with Crippen molar-refractivity contribution in [3.05, 3.63) is 0 Å². The SMILES string of the molecule is CCCCCCNC(=O)C(O)C1O[C@H](CO)[C@@H](O)[C@H](O)[C@@H]1O. The summed E-state index contributed by atoms with van der Waals surface area (Å²) in [6.07, 6.45) is -5.12. The van der Waals surface area contributed by atoms with Crippen LogP contribution >= 0.6 is 0 Å². The number of hydrogen-bond donors (Lipinski definition) is 6. The minimum absolute atomic E-state index is 0.396. The Morgan fingerprint density at radius 1 is 1.14 bits per heavy atom. The number of carbonyl (C=O) groups excluding carboxylic acids is 1. The molecule has 1 saturated heterocycles. The summed E-state index contributed by atoms with van der Waals surface area (Å²) in [5.41, 5.74) is 0. The van der Waals surface area contributed by atoms with Crippen molar-refractivity contribution in [3.63, 3.8) is 0 Å². The Bertz CT molecular complexity index is 339. The molecule has 0 aromatic rings. The molecule has 130 valence electrons. The van der Waals surface area contributed by atoms with Gasteiger partial charge in [-0.25, -0.2) is 0 Å². The van der Waals surface area contributed by atoms with Gasteiger partial charge in [0, 0.05) is 6.54 Å². The molecule has 0 spiro atoms. The summed E-state index contributed by atoms with van der Waals surface area (Å²) in [5, 5.41) is 50.7. The largest absolute Gasteiger partial charge is 0.394 e. The second kappa shape index (κ2) is 9.39. The summed E-state index contributed by atoms with van der Waals surface area (Å²) in [7, 11) is 0. The van der Waals surface area contributed by atoms with E-state index in [4.69, 9.17) is 9.84 Å². The zero-order valence-electron chi connectivity index (χ0n) is 12.8. The lowest BCUT2D eigenvalue weighted by atomic mass is 9.92. The average Bonchev–Trinajstić information content (AvgIpc) is 2.52. The minimum Gasteiger partial charge on any atom is -0.394 e. The number of unbranched alkanes of at least 4 members (excludes halogenated alkanes) is 3. The minimum atomic E-state index is -1.70. The molecule has 0 radical (unpaired) electrons. The monoisotopic (exact) mass is 321 g/mol. The summed E-state index contributed by atoms with van der Waals surface area (Å²) < 4.78 is 5.14. The number of rotatable bonds is 8. The van der Waals surface area contributed by atoms with Crippen LogP contribution in [0.4, 0.5) is 0 Å². The third kappa shape index (κ3) is 4.87. The summed E-state index contributed by atoms with van der Waals surface area (Å²) in [5.74, 6) is -0.721. The van der Waals surface area contributed by atoms with Crippen molar-refractivity contribution in [1.29, 1.82) is 0 Å². The van der Waals surface area contributed by atoms with Crippen LogP contribution in [0.15, 0.2) is 0 Å². The van der Waals surface area contributed by atoms with Crippen LogP contribution in [0, 0.1) is 0 Å². The van der Waals surface area contributed by atoms with Gasteiger partial charge in [0.15, 0.2) is 6.10 Å². The van der Waals surface area contributed by atoms with E-state index in [9.17, 15) is 25.2 Å². The van der Waals surface area contributed by atoms with Gasteiger partial charge in [0.05, 0.1) is 6.61 Å². The number of carbonyl (C=O) groups is 1. The van der Waals surface area contributed by atoms with Gasteiger partial charge in [0.1, 0.15) is 30.5 Å². The molecular formula is C14H27NO7. The highest BCUT2D eigenvalue weighted by Gasteiger charge is 2.47. The fourth-order valence-electron chi connectivity index (χ4n) is 2.41. The Morgan fingerprint density at radius 2 is 1.82 bits per heavy atom. The molecule has 1 aliphatic rings. The molecule has 22 heavy (non-hydrogen) atoms. The molecule has 0 saturated carbocycles. The highest BCUT2D eigenvalue weighted by Crippen LogP contribution is 2.23. The molecule has 0 aromatic carbocycles. The lowest BCUT2D eigenvalue weighted by Gasteiger charge is -2.41. The topological polar surface area (TPSA) is 139 Å². The molecule has 1 aliphatic heterocycles. The molecule has 6 N–H and O–H groups in total. The van der Waals surface area contributed by atoms with Crippen LogP contribution in [0.5, 0.6) is 0 Å². The molecule has 0 aliphatic carbocycles. The van der Waals surface area contributed by atoms with Gasteiger partial charge in [0.2, 0.25) is 0 Å². The molecule has 1 heterocycles. The highest BCUT2D eigenvalue weighted by molar-refractivity contribution is 5.81. The fourth-order valence-corrected chi connectivity index (χ4v) is 2.41. The lowest BCUT2D eigenvalue weighted by Crippen LogP contribution is -2.63. The lowest BCUT2D eigenvalue weighted by molar-refractivity contribution is -0.247. The Balaban J connectivity index is 2.51. The molecule has 1 fully saturated rings. The van der Waals surface area contributed by atoms with Gasteiger partial charge in [-0.2, -0.15) is 0 Å². The predicted molar refractivity (Wildman–Crippen MR) is 76.9 cm³/mol. The Kier molecular flexibility index (Phi) is 8.23. The Morgan fingerprint density at radius 3 is 2.41 bits per heavy atom. The molecule has 0 aromatic heterocycles. The maximum atomic E-state index is 11.8. The first kappa shape index (κ1) is 19.3. The molecule has 8 heteroatoms.